The molecule has 0 radical (unpaired) electrons. The Labute approximate surface area is 155 Å². The number of likely N-dealkylation sites (tertiary alicyclic amines) is 2. The highest BCUT2D eigenvalue weighted by Gasteiger charge is 2.47. The van der Waals surface area contributed by atoms with Crippen molar-refractivity contribution in [2.45, 2.75) is 50.6 Å². The monoisotopic (exact) mass is 352 g/mol. The predicted octanol–water partition coefficient (Wildman–Crippen LogP) is 3.75. The number of piperidine rings is 1. The Kier molecular flexibility index (Phi) is 4.09. The first-order chi connectivity index (χ1) is 12.7. The third kappa shape index (κ3) is 2.87. The minimum Gasteiger partial charge on any atom is -0.334 e. The van der Waals surface area contributed by atoms with E-state index in [2.05, 4.69) is 22.0 Å². The van der Waals surface area contributed by atoms with Crippen molar-refractivity contribution >= 4 is 0 Å². The van der Waals surface area contributed by atoms with Crippen LogP contribution in [0.25, 0.3) is 11.5 Å². The van der Waals surface area contributed by atoms with E-state index in [1.165, 1.54) is 45.2 Å². The Morgan fingerprint density at radius 2 is 1.88 bits per heavy atom. The number of aromatic nitrogens is 2. The first-order valence-electron chi connectivity index (χ1n) is 10.1. The summed E-state index contributed by atoms with van der Waals surface area (Å²) in [6.07, 6.45) is 8.05. The van der Waals surface area contributed by atoms with E-state index in [0.29, 0.717) is 11.3 Å². The fourth-order valence-electron chi connectivity index (χ4n) is 5.10. The molecular weight excluding hydrogens is 324 g/mol. The summed E-state index contributed by atoms with van der Waals surface area (Å²) in [5.74, 6) is 1.49. The number of hydrogen-bond acceptors (Lipinski definition) is 5. The molecule has 3 fully saturated rings. The van der Waals surface area contributed by atoms with E-state index >= 15 is 0 Å². The van der Waals surface area contributed by atoms with Gasteiger partial charge < -0.3 is 9.42 Å². The van der Waals surface area contributed by atoms with Crippen LogP contribution in [0.15, 0.2) is 34.9 Å². The van der Waals surface area contributed by atoms with Gasteiger partial charge in [-0.05, 0) is 69.8 Å². The van der Waals surface area contributed by atoms with Crippen molar-refractivity contribution in [2.24, 2.45) is 5.41 Å². The average Bonchev–Trinajstić information content (AvgIpc) is 3.22. The summed E-state index contributed by atoms with van der Waals surface area (Å²) in [7, 11) is 2.22. The average molecular weight is 352 g/mol. The molecule has 1 atom stereocenters. The summed E-state index contributed by atoms with van der Waals surface area (Å²) in [6, 6.07) is 11.2. The number of rotatable bonds is 3. The second kappa shape index (κ2) is 6.46. The standard InChI is InChI=1S/C21H28N4O/c1-24-15-21(10-12-25(13-11-21)17-8-5-9-17)14-18(24)19-22-20(26-23-19)16-6-3-2-4-7-16/h2-4,6-7,17-18H,5,8-15H2,1H3. The van der Waals surface area contributed by atoms with Crippen LogP contribution in [0.2, 0.25) is 0 Å². The lowest BCUT2D eigenvalue weighted by atomic mass is 9.75. The minimum absolute atomic E-state index is 0.284. The highest BCUT2D eigenvalue weighted by Crippen LogP contribution is 2.48. The van der Waals surface area contributed by atoms with Gasteiger partial charge in [-0.25, -0.2) is 0 Å². The minimum atomic E-state index is 0.284. The molecule has 1 aliphatic carbocycles. The smallest absolute Gasteiger partial charge is 0.257 e. The van der Waals surface area contributed by atoms with Gasteiger partial charge in [0.15, 0.2) is 5.82 Å². The second-order valence-electron chi connectivity index (χ2n) is 8.58. The Hall–Kier alpha value is -1.72. The molecule has 1 aromatic heterocycles. The zero-order valence-electron chi connectivity index (χ0n) is 15.6. The molecule has 1 aromatic carbocycles. The van der Waals surface area contributed by atoms with E-state index in [0.717, 1.165) is 30.4 Å². The molecular formula is C21H28N4O. The second-order valence-corrected chi connectivity index (χ2v) is 8.58. The van der Waals surface area contributed by atoms with E-state index < -0.39 is 0 Å². The molecule has 5 heteroatoms. The summed E-state index contributed by atoms with van der Waals surface area (Å²) < 4.78 is 5.56. The molecule has 138 valence electrons. The van der Waals surface area contributed by atoms with Gasteiger partial charge in [0.1, 0.15) is 0 Å². The molecule has 0 N–H and O–H groups in total. The fraction of sp³-hybridized carbons (Fsp3) is 0.619. The van der Waals surface area contributed by atoms with Crippen LogP contribution in [0.5, 0.6) is 0 Å². The first kappa shape index (κ1) is 16.5. The molecule has 2 aliphatic heterocycles. The normalized spacial score (nSPS) is 27.0. The van der Waals surface area contributed by atoms with Crippen LogP contribution in [0, 0.1) is 5.41 Å². The third-order valence-corrected chi connectivity index (χ3v) is 6.95. The van der Waals surface area contributed by atoms with Crippen molar-refractivity contribution in [2.75, 3.05) is 26.7 Å². The zero-order valence-corrected chi connectivity index (χ0v) is 15.6. The molecule has 26 heavy (non-hydrogen) atoms. The van der Waals surface area contributed by atoms with Crippen molar-refractivity contribution in [3.05, 3.63) is 36.2 Å². The highest BCUT2D eigenvalue weighted by molar-refractivity contribution is 5.52. The van der Waals surface area contributed by atoms with Gasteiger partial charge in [0.2, 0.25) is 0 Å². The van der Waals surface area contributed by atoms with Crippen molar-refractivity contribution in [1.82, 2.24) is 19.9 Å². The molecule has 3 aliphatic rings. The van der Waals surface area contributed by atoms with Crippen LogP contribution < -0.4 is 0 Å². The largest absolute Gasteiger partial charge is 0.334 e. The van der Waals surface area contributed by atoms with Gasteiger partial charge in [-0.15, -0.1) is 0 Å². The van der Waals surface area contributed by atoms with Gasteiger partial charge in [0.25, 0.3) is 5.89 Å². The Morgan fingerprint density at radius 1 is 1.12 bits per heavy atom. The molecule has 1 unspecified atom stereocenters. The molecule has 1 spiro atoms. The molecule has 3 heterocycles. The van der Waals surface area contributed by atoms with Gasteiger partial charge in [-0.3, -0.25) is 4.90 Å². The van der Waals surface area contributed by atoms with E-state index in [1.807, 2.05) is 30.3 Å². The van der Waals surface area contributed by atoms with Crippen LogP contribution in [-0.2, 0) is 0 Å². The molecule has 2 saturated heterocycles. The van der Waals surface area contributed by atoms with Gasteiger partial charge >= 0.3 is 0 Å². The van der Waals surface area contributed by atoms with Gasteiger partial charge in [-0.1, -0.05) is 29.8 Å². The van der Waals surface area contributed by atoms with Crippen LogP contribution in [0.1, 0.15) is 50.4 Å². The lowest BCUT2D eigenvalue weighted by Gasteiger charge is -2.45. The number of hydrogen-bond donors (Lipinski definition) is 0. The number of benzene rings is 1. The molecule has 0 bridgehead atoms. The quantitative estimate of drug-likeness (QED) is 0.842. The van der Waals surface area contributed by atoms with Crippen LogP contribution in [0.4, 0.5) is 0 Å². The summed E-state index contributed by atoms with van der Waals surface area (Å²) in [4.78, 5) is 9.91. The SMILES string of the molecule is CN1CC2(CCN(C3CCC3)CC2)CC1c1noc(-c2ccccc2)n1. The molecule has 2 aromatic rings. The summed E-state index contributed by atoms with van der Waals surface area (Å²) >= 11 is 0. The molecule has 5 rings (SSSR count). The maximum atomic E-state index is 5.56. The molecule has 1 saturated carbocycles. The summed E-state index contributed by atoms with van der Waals surface area (Å²) in [5.41, 5.74) is 1.43. The van der Waals surface area contributed by atoms with E-state index in [-0.39, 0.29) is 6.04 Å². The van der Waals surface area contributed by atoms with Crippen LogP contribution in [0.3, 0.4) is 0 Å². The summed E-state index contributed by atoms with van der Waals surface area (Å²) in [6.45, 7) is 3.70. The van der Waals surface area contributed by atoms with Crippen molar-refractivity contribution in [3.8, 4) is 11.5 Å². The lowest BCUT2D eigenvalue weighted by molar-refractivity contribution is 0.0476. The van der Waals surface area contributed by atoms with E-state index in [4.69, 9.17) is 9.51 Å². The van der Waals surface area contributed by atoms with Gasteiger partial charge in [0, 0.05) is 18.2 Å². The van der Waals surface area contributed by atoms with Crippen molar-refractivity contribution in [3.63, 3.8) is 0 Å². The van der Waals surface area contributed by atoms with E-state index in [1.54, 1.807) is 0 Å². The first-order valence-corrected chi connectivity index (χ1v) is 10.1. The maximum absolute atomic E-state index is 5.56. The van der Waals surface area contributed by atoms with Crippen LogP contribution >= 0.6 is 0 Å². The van der Waals surface area contributed by atoms with Crippen molar-refractivity contribution < 1.29 is 4.52 Å². The maximum Gasteiger partial charge on any atom is 0.257 e. The van der Waals surface area contributed by atoms with Gasteiger partial charge in [-0.2, -0.15) is 4.98 Å². The number of nitrogens with zero attached hydrogens (tertiary/aromatic N) is 4. The Balaban J connectivity index is 1.28. The van der Waals surface area contributed by atoms with Gasteiger partial charge in [0.05, 0.1) is 6.04 Å². The zero-order chi connectivity index (χ0) is 17.6. The Bertz CT molecular complexity index is 746. The van der Waals surface area contributed by atoms with Crippen molar-refractivity contribution in [1.29, 1.82) is 0 Å². The predicted molar refractivity (Wildman–Crippen MR) is 101 cm³/mol. The Morgan fingerprint density at radius 3 is 2.58 bits per heavy atom. The molecule has 0 amide bonds. The lowest BCUT2D eigenvalue weighted by Crippen LogP contribution is -2.48. The summed E-state index contributed by atoms with van der Waals surface area (Å²) in [5, 5.41) is 4.33. The third-order valence-electron chi connectivity index (χ3n) is 6.95. The highest BCUT2D eigenvalue weighted by atomic mass is 16.5. The van der Waals surface area contributed by atoms with E-state index in [9.17, 15) is 0 Å². The molecule has 5 nitrogen and oxygen atoms in total. The topological polar surface area (TPSA) is 45.4 Å². The fourth-order valence-corrected chi connectivity index (χ4v) is 5.10. The van der Waals surface area contributed by atoms with Crippen LogP contribution in [-0.4, -0.2) is 52.7 Å².